The third kappa shape index (κ3) is 2.19. The molecule has 96 valence electrons. The Bertz CT molecular complexity index is 560. The molecule has 18 heavy (non-hydrogen) atoms. The molecule has 0 aliphatic rings. The van der Waals surface area contributed by atoms with Gasteiger partial charge in [-0.15, -0.1) is 0 Å². The molecule has 0 bridgehead atoms. The quantitative estimate of drug-likeness (QED) is 0.649. The van der Waals surface area contributed by atoms with Crippen LogP contribution in [0.2, 0.25) is 0 Å². The Morgan fingerprint density at radius 1 is 1.44 bits per heavy atom. The van der Waals surface area contributed by atoms with Crippen molar-refractivity contribution in [1.29, 1.82) is 0 Å². The molecule has 0 saturated heterocycles. The summed E-state index contributed by atoms with van der Waals surface area (Å²) in [6.07, 6.45) is -2.66. The minimum atomic E-state index is -2.66. The number of benzene rings is 1. The number of ether oxygens (including phenoxy) is 1. The van der Waals surface area contributed by atoms with Crippen LogP contribution in [-0.2, 0) is 0 Å². The summed E-state index contributed by atoms with van der Waals surface area (Å²) >= 11 is 0. The Kier molecular flexibility index (Phi) is 3.57. The normalized spacial score (nSPS) is 10.9. The number of nitrogens with zero attached hydrogens (tertiary/aromatic N) is 1. The van der Waals surface area contributed by atoms with Gasteiger partial charge in [0.1, 0.15) is 17.0 Å². The maximum Gasteiger partial charge on any atom is 0.280 e. The highest BCUT2D eigenvalue weighted by atomic mass is 19.3. The molecule has 0 spiro atoms. The SMILES string of the molecule is CCOc1cccc2c(NN)cc(C(F)F)nc12. The summed E-state index contributed by atoms with van der Waals surface area (Å²) in [6, 6.07) is 6.43. The molecule has 1 aromatic heterocycles. The number of para-hydroxylation sites is 1. The fraction of sp³-hybridized carbons (Fsp3) is 0.250. The van der Waals surface area contributed by atoms with Crippen LogP contribution in [0.15, 0.2) is 24.3 Å². The van der Waals surface area contributed by atoms with Gasteiger partial charge in [0.2, 0.25) is 0 Å². The number of hydrazine groups is 1. The summed E-state index contributed by atoms with van der Waals surface area (Å²) in [7, 11) is 0. The second-order valence-electron chi connectivity index (χ2n) is 3.63. The van der Waals surface area contributed by atoms with Crippen LogP contribution in [0.25, 0.3) is 10.9 Å². The molecule has 0 aliphatic heterocycles. The first-order valence-corrected chi connectivity index (χ1v) is 5.48. The molecule has 0 radical (unpaired) electrons. The number of halogens is 2. The van der Waals surface area contributed by atoms with Crippen LogP contribution >= 0.6 is 0 Å². The van der Waals surface area contributed by atoms with Crippen molar-refractivity contribution in [3.63, 3.8) is 0 Å². The van der Waals surface area contributed by atoms with E-state index in [1.165, 1.54) is 6.07 Å². The average molecular weight is 253 g/mol. The number of nitrogens with one attached hydrogen (secondary N) is 1. The van der Waals surface area contributed by atoms with Crippen LogP contribution in [-0.4, -0.2) is 11.6 Å². The van der Waals surface area contributed by atoms with E-state index < -0.39 is 6.43 Å². The van der Waals surface area contributed by atoms with Gasteiger partial charge in [-0.1, -0.05) is 12.1 Å². The van der Waals surface area contributed by atoms with E-state index in [1.54, 1.807) is 18.2 Å². The molecular formula is C12H13F2N3O. The van der Waals surface area contributed by atoms with Crippen molar-refractivity contribution < 1.29 is 13.5 Å². The van der Waals surface area contributed by atoms with Crippen LogP contribution in [0, 0.1) is 0 Å². The van der Waals surface area contributed by atoms with Crippen molar-refractivity contribution in [2.45, 2.75) is 13.3 Å². The highest BCUT2D eigenvalue weighted by Crippen LogP contribution is 2.32. The Hall–Kier alpha value is -1.95. The third-order valence-electron chi connectivity index (χ3n) is 2.50. The molecule has 1 aromatic carbocycles. The van der Waals surface area contributed by atoms with Crippen LogP contribution < -0.4 is 16.0 Å². The van der Waals surface area contributed by atoms with E-state index in [4.69, 9.17) is 10.6 Å². The second-order valence-corrected chi connectivity index (χ2v) is 3.63. The van der Waals surface area contributed by atoms with Crippen molar-refractivity contribution in [3.8, 4) is 5.75 Å². The lowest BCUT2D eigenvalue weighted by Crippen LogP contribution is -2.09. The summed E-state index contributed by atoms with van der Waals surface area (Å²) in [4.78, 5) is 3.93. The smallest absolute Gasteiger partial charge is 0.280 e. The molecule has 0 amide bonds. The lowest BCUT2D eigenvalue weighted by molar-refractivity contribution is 0.146. The molecule has 2 rings (SSSR count). The first kappa shape index (κ1) is 12.5. The predicted molar refractivity (Wildman–Crippen MR) is 65.7 cm³/mol. The van der Waals surface area contributed by atoms with Gasteiger partial charge in [0.05, 0.1) is 12.3 Å². The first-order valence-electron chi connectivity index (χ1n) is 5.48. The number of nitrogen functional groups attached to an aromatic ring is 1. The third-order valence-corrected chi connectivity index (χ3v) is 2.50. The molecule has 1 heterocycles. The summed E-state index contributed by atoms with van der Waals surface area (Å²) in [6.45, 7) is 2.25. The lowest BCUT2D eigenvalue weighted by Gasteiger charge is -2.11. The van der Waals surface area contributed by atoms with Crippen LogP contribution in [0.5, 0.6) is 5.75 Å². The highest BCUT2D eigenvalue weighted by molar-refractivity contribution is 5.95. The van der Waals surface area contributed by atoms with Gasteiger partial charge in [0.15, 0.2) is 0 Å². The minimum absolute atomic E-state index is 0.331. The number of hydrogen-bond acceptors (Lipinski definition) is 4. The summed E-state index contributed by atoms with van der Waals surface area (Å²) in [5.74, 6) is 5.81. The van der Waals surface area contributed by atoms with Crippen LogP contribution in [0.1, 0.15) is 19.0 Å². The fourth-order valence-corrected chi connectivity index (χ4v) is 1.75. The number of fused-ring (bicyclic) bond motifs is 1. The number of aromatic nitrogens is 1. The molecule has 2 aromatic rings. The Balaban J connectivity index is 2.71. The van der Waals surface area contributed by atoms with Crippen molar-refractivity contribution in [3.05, 3.63) is 30.0 Å². The molecule has 0 saturated carbocycles. The van der Waals surface area contributed by atoms with E-state index >= 15 is 0 Å². The molecule has 0 fully saturated rings. The Morgan fingerprint density at radius 3 is 2.83 bits per heavy atom. The Morgan fingerprint density at radius 2 is 2.22 bits per heavy atom. The van der Waals surface area contributed by atoms with Gasteiger partial charge in [0, 0.05) is 5.39 Å². The van der Waals surface area contributed by atoms with Crippen molar-refractivity contribution in [1.82, 2.24) is 4.98 Å². The number of rotatable bonds is 4. The van der Waals surface area contributed by atoms with Crippen LogP contribution in [0.3, 0.4) is 0 Å². The standard InChI is InChI=1S/C12H13F2N3O/c1-2-18-10-5-3-4-7-8(17-15)6-9(12(13)14)16-11(7)10/h3-6,12H,2,15H2,1H3,(H,16,17). The van der Waals surface area contributed by atoms with Gasteiger partial charge in [-0.2, -0.15) is 0 Å². The molecule has 0 unspecified atom stereocenters. The number of nitrogens with two attached hydrogens (primary N) is 1. The molecular weight excluding hydrogens is 240 g/mol. The largest absolute Gasteiger partial charge is 0.492 e. The van der Waals surface area contributed by atoms with E-state index in [-0.39, 0.29) is 5.69 Å². The number of anilines is 1. The zero-order chi connectivity index (χ0) is 13.1. The van der Waals surface area contributed by atoms with Crippen LogP contribution in [0.4, 0.5) is 14.5 Å². The number of pyridine rings is 1. The van der Waals surface area contributed by atoms with E-state index in [0.29, 0.717) is 28.9 Å². The van der Waals surface area contributed by atoms with Gasteiger partial charge < -0.3 is 10.2 Å². The minimum Gasteiger partial charge on any atom is -0.492 e. The van der Waals surface area contributed by atoms with Gasteiger partial charge in [-0.3, -0.25) is 5.84 Å². The molecule has 0 aliphatic carbocycles. The maximum atomic E-state index is 12.8. The topological polar surface area (TPSA) is 60.2 Å². The van der Waals surface area contributed by atoms with Crippen molar-refractivity contribution >= 4 is 16.6 Å². The summed E-state index contributed by atoms with van der Waals surface area (Å²) in [5.41, 5.74) is 2.85. The van der Waals surface area contributed by atoms with E-state index in [9.17, 15) is 8.78 Å². The first-order chi connectivity index (χ1) is 8.67. The monoisotopic (exact) mass is 253 g/mol. The fourth-order valence-electron chi connectivity index (χ4n) is 1.75. The van der Waals surface area contributed by atoms with Gasteiger partial charge in [-0.25, -0.2) is 13.8 Å². The van der Waals surface area contributed by atoms with E-state index in [0.717, 1.165) is 0 Å². The van der Waals surface area contributed by atoms with Gasteiger partial charge in [0.25, 0.3) is 6.43 Å². The number of alkyl halides is 2. The molecule has 4 nitrogen and oxygen atoms in total. The lowest BCUT2D eigenvalue weighted by atomic mass is 10.1. The summed E-state index contributed by atoms with van der Waals surface area (Å²) < 4.78 is 30.9. The molecule has 0 atom stereocenters. The predicted octanol–water partition coefficient (Wildman–Crippen LogP) is 2.86. The Labute approximate surface area is 103 Å². The maximum absolute atomic E-state index is 12.8. The molecule has 6 heteroatoms. The van der Waals surface area contributed by atoms with Crippen molar-refractivity contribution in [2.24, 2.45) is 5.84 Å². The zero-order valence-electron chi connectivity index (χ0n) is 9.78. The summed E-state index contributed by atoms with van der Waals surface area (Å²) in [5, 5.41) is 0.646. The van der Waals surface area contributed by atoms with Gasteiger partial charge in [-0.05, 0) is 19.1 Å². The van der Waals surface area contributed by atoms with E-state index in [2.05, 4.69) is 10.4 Å². The zero-order valence-corrected chi connectivity index (χ0v) is 9.78. The second kappa shape index (κ2) is 5.14. The van der Waals surface area contributed by atoms with Gasteiger partial charge >= 0.3 is 0 Å². The molecule has 3 N–H and O–H groups in total. The van der Waals surface area contributed by atoms with E-state index in [1.807, 2.05) is 6.92 Å². The highest BCUT2D eigenvalue weighted by Gasteiger charge is 2.15. The van der Waals surface area contributed by atoms with Crippen molar-refractivity contribution in [2.75, 3.05) is 12.0 Å². The number of hydrogen-bond donors (Lipinski definition) is 2. The average Bonchev–Trinajstić information content (AvgIpc) is 2.38.